The lowest BCUT2D eigenvalue weighted by molar-refractivity contribution is 0.457. The van der Waals surface area contributed by atoms with Gasteiger partial charge in [-0.05, 0) is 35.3 Å². The van der Waals surface area contributed by atoms with E-state index in [0.29, 0.717) is 10.8 Å². The highest BCUT2D eigenvalue weighted by molar-refractivity contribution is 7.99. The average molecular weight is 215 g/mol. The summed E-state index contributed by atoms with van der Waals surface area (Å²) in [6, 6.07) is 0.724. The van der Waals surface area contributed by atoms with Crippen molar-refractivity contribution in [1.29, 1.82) is 0 Å². The van der Waals surface area contributed by atoms with E-state index < -0.39 is 0 Å². The molecule has 0 spiro atoms. The van der Waals surface area contributed by atoms with E-state index in [0.717, 1.165) is 6.04 Å². The minimum absolute atomic E-state index is 0.491. The van der Waals surface area contributed by atoms with Crippen LogP contribution in [0.15, 0.2) is 0 Å². The van der Waals surface area contributed by atoms with Crippen molar-refractivity contribution in [3.05, 3.63) is 0 Å². The molecule has 1 fully saturated rings. The summed E-state index contributed by atoms with van der Waals surface area (Å²) in [6.07, 6.45) is 1.31. The molecule has 0 bridgehead atoms. The van der Waals surface area contributed by atoms with Gasteiger partial charge in [-0.15, -0.1) is 0 Å². The fraction of sp³-hybridized carbons (Fsp3) is 1.00. The zero-order valence-electron chi connectivity index (χ0n) is 10.3. The van der Waals surface area contributed by atoms with Gasteiger partial charge < -0.3 is 5.32 Å². The number of hydrogen-bond donors (Lipinski definition) is 1. The first-order valence-corrected chi connectivity index (χ1v) is 6.91. The summed E-state index contributed by atoms with van der Waals surface area (Å²) in [5, 5.41) is 3.68. The normalized spacial score (nSPS) is 23.8. The van der Waals surface area contributed by atoms with Crippen molar-refractivity contribution in [3.8, 4) is 0 Å². The van der Waals surface area contributed by atoms with Gasteiger partial charge in [0.05, 0.1) is 0 Å². The third-order valence-electron chi connectivity index (χ3n) is 4.04. The Kier molecular flexibility index (Phi) is 3.93. The monoisotopic (exact) mass is 215 g/mol. The molecule has 0 heterocycles. The largest absolute Gasteiger partial charge is 0.313 e. The lowest BCUT2D eigenvalue weighted by Gasteiger charge is -2.05. The number of hydrogen-bond acceptors (Lipinski definition) is 2. The minimum atomic E-state index is 0.491. The zero-order valence-corrected chi connectivity index (χ0v) is 11.1. The summed E-state index contributed by atoms with van der Waals surface area (Å²) >= 11 is 2.04. The van der Waals surface area contributed by atoms with E-state index in [1.165, 1.54) is 24.5 Å². The van der Waals surface area contributed by atoms with Crippen LogP contribution in [0.5, 0.6) is 0 Å². The highest BCUT2D eigenvalue weighted by Crippen LogP contribution is 2.62. The van der Waals surface area contributed by atoms with Crippen LogP contribution >= 0.6 is 11.8 Å². The average Bonchev–Trinajstić information content (AvgIpc) is 2.46. The molecule has 0 aromatic heterocycles. The molecule has 14 heavy (non-hydrogen) atoms. The van der Waals surface area contributed by atoms with Gasteiger partial charge in [-0.2, -0.15) is 11.8 Å². The summed E-state index contributed by atoms with van der Waals surface area (Å²) in [6.45, 7) is 12.9. The standard InChI is InChI=1S/C12H25NS/c1-6-14-9-7-8-13-10-11(2,3)12(10,4)5/h10,13H,6-9H2,1-5H3. The van der Waals surface area contributed by atoms with Crippen LogP contribution in [-0.4, -0.2) is 24.1 Å². The van der Waals surface area contributed by atoms with Crippen LogP contribution in [0.25, 0.3) is 0 Å². The molecule has 0 aromatic rings. The number of nitrogens with one attached hydrogen (secondary N) is 1. The van der Waals surface area contributed by atoms with Gasteiger partial charge in [-0.3, -0.25) is 0 Å². The van der Waals surface area contributed by atoms with E-state index in [-0.39, 0.29) is 0 Å². The summed E-state index contributed by atoms with van der Waals surface area (Å²) in [4.78, 5) is 0. The predicted molar refractivity (Wildman–Crippen MR) is 67.0 cm³/mol. The quantitative estimate of drug-likeness (QED) is 0.683. The molecule has 1 saturated carbocycles. The molecule has 0 radical (unpaired) electrons. The van der Waals surface area contributed by atoms with Crippen LogP contribution in [0.1, 0.15) is 41.0 Å². The molecule has 84 valence electrons. The van der Waals surface area contributed by atoms with Gasteiger partial charge in [0.15, 0.2) is 0 Å². The summed E-state index contributed by atoms with van der Waals surface area (Å²) < 4.78 is 0. The Balaban J connectivity index is 2.10. The van der Waals surface area contributed by atoms with Crippen LogP contribution in [0, 0.1) is 10.8 Å². The third kappa shape index (κ3) is 2.27. The molecule has 0 saturated heterocycles. The van der Waals surface area contributed by atoms with Gasteiger partial charge >= 0.3 is 0 Å². The fourth-order valence-electron chi connectivity index (χ4n) is 2.27. The van der Waals surface area contributed by atoms with Gasteiger partial charge in [0.2, 0.25) is 0 Å². The molecule has 0 atom stereocenters. The molecule has 0 unspecified atom stereocenters. The van der Waals surface area contributed by atoms with E-state index in [1.54, 1.807) is 0 Å². The van der Waals surface area contributed by atoms with Gasteiger partial charge in [0.25, 0.3) is 0 Å². The molecule has 1 nitrogen and oxygen atoms in total. The lowest BCUT2D eigenvalue weighted by Crippen LogP contribution is -2.23. The van der Waals surface area contributed by atoms with Crippen molar-refractivity contribution in [2.75, 3.05) is 18.1 Å². The molecule has 0 amide bonds. The molecule has 0 aliphatic heterocycles. The second-order valence-electron chi connectivity index (χ2n) is 5.38. The van der Waals surface area contributed by atoms with Crippen molar-refractivity contribution in [2.24, 2.45) is 10.8 Å². The molecule has 1 aliphatic rings. The van der Waals surface area contributed by atoms with E-state index >= 15 is 0 Å². The summed E-state index contributed by atoms with van der Waals surface area (Å²) in [7, 11) is 0. The molecular formula is C12H25NS. The van der Waals surface area contributed by atoms with Crippen LogP contribution in [-0.2, 0) is 0 Å². The van der Waals surface area contributed by atoms with Crippen LogP contribution in [0.2, 0.25) is 0 Å². The fourth-order valence-corrected chi connectivity index (χ4v) is 2.91. The summed E-state index contributed by atoms with van der Waals surface area (Å²) in [5.74, 6) is 2.55. The van der Waals surface area contributed by atoms with Crippen LogP contribution in [0.3, 0.4) is 0 Å². The second-order valence-corrected chi connectivity index (χ2v) is 6.77. The van der Waals surface area contributed by atoms with Crippen molar-refractivity contribution in [1.82, 2.24) is 5.32 Å². The minimum Gasteiger partial charge on any atom is -0.313 e. The maximum atomic E-state index is 3.68. The predicted octanol–water partition coefficient (Wildman–Crippen LogP) is 3.15. The third-order valence-corrected chi connectivity index (χ3v) is 5.02. The maximum absolute atomic E-state index is 3.68. The molecule has 1 rings (SSSR count). The number of thioether (sulfide) groups is 1. The van der Waals surface area contributed by atoms with Crippen molar-refractivity contribution in [2.45, 2.75) is 47.1 Å². The van der Waals surface area contributed by atoms with Crippen molar-refractivity contribution in [3.63, 3.8) is 0 Å². The first kappa shape index (κ1) is 12.4. The Bertz CT molecular complexity index is 173. The molecule has 1 aliphatic carbocycles. The maximum Gasteiger partial charge on any atom is 0.0181 e. The Hall–Kier alpha value is 0.310. The number of rotatable bonds is 6. The Morgan fingerprint density at radius 1 is 1.14 bits per heavy atom. The second kappa shape index (κ2) is 4.44. The topological polar surface area (TPSA) is 12.0 Å². The van der Waals surface area contributed by atoms with Crippen LogP contribution < -0.4 is 5.32 Å². The Morgan fingerprint density at radius 2 is 1.71 bits per heavy atom. The van der Waals surface area contributed by atoms with Gasteiger partial charge in [-0.1, -0.05) is 34.6 Å². The highest BCUT2D eigenvalue weighted by atomic mass is 32.2. The molecule has 2 heteroatoms. The van der Waals surface area contributed by atoms with Gasteiger partial charge in [0.1, 0.15) is 0 Å². The zero-order chi connectivity index (χ0) is 10.8. The smallest absolute Gasteiger partial charge is 0.0181 e. The lowest BCUT2D eigenvalue weighted by atomic mass is 10.0. The van der Waals surface area contributed by atoms with Gasteiger partial charge in [0, 0.05) is 6.04 Å². The molecule has 1 N–H and O–H groups in total. The van der Waals surface area contributed by atoms with E-state index in [1.807, 2.05) is 11.8 Å². The van der Waals surface area contributed by atoms with Crippen molar-refractivity contribution >= 4 is 11.8 Å². The summed E-state index contributed by atoms with van der Waals surface area (Å²) in [5.41, 5.74) is 0.982. The van der Waals surface area contributed by atoms with E-state index in [2.05, 4.69) is 39.9 Å². The first-order chi connectivity index (χ1) is 6.44. The van der Waals surface area contributed by atoms with E-state index in [9.17, 15) is 0 Å². The Morgan fingerprint density at radius 3 is 2.14 bits per heavy atom. The van der Waals surface area contributed by atoms with Crippen LogP contribution in [0.4, 0.5) is 0 Å². The SMILES string of the molecule is CCSCCCNC1C(C)(C)C1(C)C. The molecule has 0 aromatic carbocycles. The highest BCUT2D eigenvalue weighted by Gasteiger charge is 2.64. The Labute approximate surface area is 93.4 Å². The van der Waals surface area contributed by atoms with Gasteiger partial charge in [-0.25, -0.2) is 0 Å². The molecular weight excluding hydrogens is 190 g/mol. The van der Waals surface area contributed by atoms with E-state index in [4.69, 9.17) is 0 Å². The van der Waals surface area contributed by atoms with Crippen molar-refractivity contribution < 1.29 is 0 Å². The first-order valence-electron chi connectivity index (χ1n) is 5.75.